The van der Waals surface area contributed by atoms with Gasteiger partial charge in [-0.15, -0.1) is 0 Å². The third-order valence-corrected chi connectivity index (χ3v) is 1.38. The van der Waals surface area contributed by atoms with E-state index in [1.165, 1.54) is 0 Å². The lowest BCUT2D eigenvalue weighted by molar-refractivity contribution is 0.594. The van der Waals surface area contributed by atoms with Crippen molar-refractivity contribution in [3.63, 3.8) is 0 Å². The van der Waals surface area contributed by atoms with E-state index in [1.807, 2.05) is 0 Å². The van der Waals surface area contributed by atoms with E-state index in [-0.39, 0.29) is 0 Å². The van der Waals surface area contributed by atoms with Crippen LogP contribution in [0.25, 0.3) is 0 Å². The Labute approximate surface area is 70.9 Å². The minimum atomic E-state index is 0.613. The molecular formula is C10H21N. The molecule has 0 aromatic heterocycles. The lowest BCUT2D eigenvalue weighted by Crippen LogP contribution is -2.23. The molecule has 0 bridgehead atoms. The van der Waals surface area contributed by atoms with E-state index in [0.29, 0.717) is 12.0 Å². The maximum atomic E-state index is 3.37. The standard InChI is InChI=1S/C10H21N/c1-9(2)7-5-6-8-11-10(3)4/h5,7,9-11H,6,8H2,1-4H3. The first-order valence-electron chi connectivity index (χ1n) is 4.53. The van der Waals surface area contributed by atoms with Crippen LogP contribution in [-0.2, 0) is 0 Å². The van der Waals surface area contributed by atoms with Crippen LogP contribution in [0.4, 0.5) is 0 Å². The van der Waals surface area contributed by atoms with Crippen LogP contribution in [0.2, 0.25) is 0 Å². The third kappa shape index (κ3) is 9.70. The summed E-state index contributed by atoms with van der Waals surface area (Å²) in [5.41, 5.74) is 0. The van der Waals surface area contributed by atoms with Crippen LogP contribution in [0, 0.1) is 5.92 Å². The fraction of sp³-hybridized carbons (Fsp3) is 0.800. The zero-order valence-electron chi connectivity index (χ0n) is 8.22. The van der Waals surface area contributed by atoms with Gasteiger partial charge in [0.05, 0.1) is 0 Å². The van der Waals surface area contributed by atoms with Crippen molar-refractivity contribution < 1.29 is 0 Å². The van der Waals surface area contributed by atoms with E-state index < -0.39 is 0 Å². The SMILES string of the molecule is CC(C)C=CCCNC(C)C. The second kappa shape index (κ2) is 6.41. The molecule has 0 atom stereocenters. The lowest BCUT2D eigenvalue weighted by atomic mass is 10.2. The monoisotopic (exact) mass is 155 g/mol. The second-order valence-corrected chi connectivity index (χ2v) is 3.57. The summed E-state index contributed by atoms with van der Waals surface area (Å²) in [6.45, 7) is 9.85. The van der Waals surface area contributed by atoms with Gasteiger partial charge in [0, 0.05) is 6.04 Å². The van der Waals surface area contributed by atoms with Crippen LogP contribution in [0.1, 0.15) is 34.1 Å². The van der Waals surface area contributed by atoms with Crippen molar-refractivity contribution in [3.8, 4) is 0 Å². The largest absolute Gasteiger partial charge is 0.314 e. The lowest BCUT2D eigenvalue weighted by Gasteiger charge is -2.04. The van der Waals surface area contributed by atoms with Gasteiger partial charge >= 0.3 is 0 Å². The van der Waals surface area contributed by atoms with Crippen molar-refractivity contribution in [1.82, 2.24) is 5.32 Å². The zero-order valence-corrected chi connectivity index (χ0v) is 8.22. The van der Waals surface area contributed by atoms with Crippen LogP contribution in [0.15, 0.2) is 12.2 Å². The number of hydrogen-bond donors (Lipinski definition) is 1. The molecule has 11 heavy (non-hydrogen) atoms. The van der Waals surface area contributed by atoms with Crippen LogP contribution >= 0.6 is 0 Å². The molecule has 1 N–H and O–H groups in total. The van der Waals surface area contributed by atoms with Gasteiger partial charge in [-0.3, -0.25) is 0 Å². The van der Waals surface area contributed by atoms with Crippen molar-refractivity contribution in [3.05, 3.63) is 12.2 Å². The topological polar surface area (TPSA) is 12.0 Å². The molecule has 0 aromatic rings. The molecule has 0 fully saturated rings. The molecule has 1 heteroatoms. The Morgan fingerprint density at radius 3 is 2.27 bits per heavy atom. The normalized spacial score (nSPS) is 12.2. The molecule has 0 aliphatic heterocycles. The predicted molar refractivity (Wildman–Crippen MR) is 51.7 cm³/mol. The molecule has 66 valence electrons. The van der Waals surface area contributed by atoms with Gasteiger partial charge < -0.3 is 5.32 Å². The molecule has 0 aromatic carbocycles. The van der Waals surface area contributed by atoms with Gasteiger partial charge in [-0.25, -0.2) is 0 Å². The quantitative estimate of drug-likeness (QED) is 0.475. The Morgan fingerprint density at radius 2 is 1.82 bits per heavy atom. The Bertz CT molecular complexity index is 103. The molecular weight excluding hydrogens is 134 g/mol. The minimum absolute atomic E-state index is 0.613. The van der Waals surface area contributed by atoms with E-state index >= 15 is 0 Å². The molecule has 0 saturated heterocycles. The van der Waals surface area contributed by atoms with E-state index in [2.05, 4.69) is 45.2 Å². The fourth-order valence-electron chi connectivity index (χ4n) is 0.824. The number of allylic oxidation sites excluding steroid dienone is 1. The predicted octanol–water partition coefficient (Wildman–Crippen LogP) is 2.59. The van der Waals surface area contributed by atoms with Crippen molar-refractivity contribution in [2.75, 3.05) is 6.54 Å². The average Bonchev–Trinajstić information content (AvgIpc) is 1.85. The van der Waals surface area contributed by atoms with E-state index in [1.54, 1.807) is 0 Å². The van der Waals surface area contributed by atoms with Crippen LogP contribution < -0.4 is 5.32 Å². The van der Waals surface area contributed by atoms with Gasteiger partial charge in [-0.05, 0) is 18.9 Å². The van der Waals surface area contributed by atoms with Gasteiger partial charge in [0.15, 0.2) is 0 Å². The zero-order chi connectivity index (χ0) is 8.69. The minimum Gasteiger partial charge on any atom is -0.314 e. The number of hydrogen-bond acceptors (Lipinski definition) is 1. The summed E-state index contributed by atoms with van der Waals surface area (Å²) in [5, 5.41) is 3.37. The molecule has 1 nitrogen and oxygen atoms in total. The van der Waals surface area contributed by atoms with Crippen molar-refractivity contribution in [1.29, 1.82) is 0 Å². The van der Waals surface area contributed by atoms with Crippen molar-refractivity contribution in [2.24, 2.45) is 5.92 Å². The highest BCUT2D eigenvalue weighted by atomic mass is 14.9. The summed E-state index contributed by atoms with van der Waals surface area (Å²) in [6.07, 6.45) is 5.65. The Kier molecular flexibility index (Phi) is 6.24. The Balaban J connectivity index is 3.14. The molecule has 0 aliphatic carbocycles. The summed E-state index contributed by atoms with van der Waals surface area (Å²) in [7, 11) is 0. The fourth-order valence-corrected chi connectivity index (χ4v) is 0.824. The van der Waals surface area contributed by atoms with Crippen molar-refractivity contribution >= 4 is 0 Å². The molecule has 0 spiro atoms. The smallest absolute Gasteiger partial charge is 0.00105 e. The van der Waals surface area contributed by atoms with E-state index in [0.717, 1.165) is 13.0 Å². The first kappa shape index (κ1) is 10.7. The Hall–Kier alpha value is -0.300. The third-order valence-electron chi connectivity index (χ3n) is 1.38. The molecule has 0 saturated carbocycles. The van der Waals surface area contributed by atoms with Gasteiger partial charge in [0.2, 0.25) is 0 Å². The maximum absolute atomic E-state index is 3.37. The number of nitrogens with one attached hydrogen (secondary N) is 1. The van der Waals surface area contributed by atoms with Crippen LogP contribution in [-0.4, -0.2) is 12.6 Å². The summed E-state index contributed by atoms with van der Waals surface area (Å²) in [6, 6.07) is 0.613. The van der Waals surface area contributed by atoms with Gasteiger partial charge in [0.1, 0.15) is 0 Å². The summed E-state index contributed by atoms with van der Waals surface area (Å²) >= 11 is 0. The van der Waals surface area contributed by atoms with Gasteiger partial charge in [-0.1, -0.05) is 39.8 Å². The maximum Gasteiger partial charge on any atom is 0.00105 e. The molecule has 0 unspecified atom stereocenters. The van der Waals surface area contributed by atoms with E-state index in [9.17, 15) is 0 Å². The highest BCUT2D eigenvalue weighted by molar-refractivity contribution is 4.84. The Morgan fingerprint density at radius 1 is 1.18 bits per heavy atom. The highest BCUT2D eigenvalue weighted by Crippen LogP contribution is 1.94. The average molecular weight is 155 g/mol. The van der Waals surface area contributed by atoms with E-state index in [4.69, 9.17) is 0 Å². The molecule has 0 rings (SSSR count). The number of rotatable bonds is 5. The first-order chi connectivity index (χ1) is 5.13. The van der Waals surface area contributed by atoms with Crippen LogP contribution in [0.3, 0.4) is 0 Å². The highest BCUT2D eigenvalue weighted by Gasteiger charge is 1.88. The molecule has 0 amide bonds. The summed E-state index contributed by atoms with van der Waals surface area (Å²) < 4.78 is 0. The molecule has 0 radical (unpaired) electrons. The van der Waals surface area contributed by atoms with Gasteiger partial charge in [-0.2, -0.15) is 0 Å². The first-order valence-corrected chi connectivity index (χ1v) is 4.53. The van der Waals surface area contributed by atoms with Gasteiger partial charge in [0.25, 0.3) is 0 Å². The summed E-state index contributed by atoms with van der Waals surface area (Å²) in [4.78, 5) is 0. The second-order valence-electron chi connectivity index (χ2n) is 3.57. The summed E-state index contributed by atoms with van der Waals surface area (Å²) in [5.74, 6) is 0.689. The molecule has 0 heterocycles. The van der Waals surface area contributed by atoms with Crippen molar-refractivity contribution in [2.45, 2.75) is 40.2 Å². The van der Waals surface area contributed by atoms with Crippen LogP contribution in [0.5, 0.6) is 0 Å². The molecule has 0 aliphatic rings.